The summed E-state index contributed by atoms with van der Waals surface area (Å²) in [5.74, 6) is 1.86. The number of benzene rings is 2. The zero-order valence-corrected chi connectivity index (χ0v) is 18.3. The summed E-state index contributed by atoms with van der Waals surface area (Å²) in [5, 5.41) is 4.83. The number of nitrogens with zero attached hydrogens (tertiary/aromatic N) is 4. The van der Waals surface area contributed by atoms with Crippen molar-refractivity contribution >= 4 is 22.4 Å². The lowest BCUT2D eigenvalue weighted by molar-refractivity contribution is 0.218. The van der Waals surface area contributed by atoms with Gasteiger partial charge in [0.25, 0.3) is 0 Å². The molecule has 0 unspecified atom stereocenters. The molecule has 2 heterocycles. The smallest absolute Gasteiger partial charge is 0.137 e. The van der Waals surface area contributed by atoms with E-state index in [2.05, 4.69) is 73.6 Å². The highest BCUT2D eigenvalue weighted by Crippen LogP contribution is 2.30. The van der Waals surface area contributed by atoms with E-state index in [1.807, 2.05) is 6.07 Å². The summed E-state index contributed by atoms with van der Waals surface area (Å²) in [4.78, 5) is 14.1. The number of rotatable bonds is 6. The van der Waals surface area contributed by atoms with Crippen molar-refractivity contribution in [3.63, 3.8) is 0 Å². The van der Waals surface area contributed by atoms with E-state index in [0.717, 1.165) is 35.7 Å². The van der Waals surface area contributed by atoms with Crippen LogP contribution in [-0.2, 0) is 0 Å². The molecule has 1 aliphatic heterocycles. The van der Waals surface area contributed by atoms with Crippen molar-refractivity contribution in [3.05, 3.63) is 60.9 Å². The molecule has 3 aromatic rings. The second kappa shape index (κ2) is 9.65. The first-order valence-corrected chi connectivity index (χ1v) is 11.8. The quantitative estimate of drug-likeness (QED) is 0.626. The summed E-state index contributed by atoms with van der Waals surface area (Å²) >= 11 is 0. The van der Waals surface area contributed by atoms with E-state index in [-0.39, 0.29) is 0 Å². The summed E-state index contributed by atoms with van der Waals surface area (Å²) in [6.07, 6.45) is 8.15. The Morgan fingerprint density at radius 1 is 0.806 bits per heavy atom. The Kier molecular flexibility index (Phi) is 6.30. The summed E-state index contributed by atoms with van der Waals surface area (Å²) in [7, 11) is 0. The van der Waals surface area contributed by atoms with Gasteiger partial charge in [-0.05, 0) is 68.8 Å². The third-order valence-corrected chi connectivity index (χ3v) is 7.08. The molecule has 5 heteroatoms. The van der Waals surface area contributed by atoms with Crippen molar-refractivity contribution in [3.8, 4) is 0 Å². The molecular weight excluding hydrogens is 382 g/mol. The first kappa shape index (κ1) is 20.3. The topological polar surface area (TPSA) is 44.3 Å². The Bertz CT molecular complexity index is 954. The van der Waals surface area contributed by atoms with E-state index in [9.17, 15) is 0 Å². The number of hydrogen-bond acceptors (Lipinski definition) is 5. The van der Waals surface area contributed by atoms with E-state index < -0.39 is 0 Å². The third-order valence-electron chi connectivity index (χ3n) is 7.08. The molecule has 1 aliphatic carbocycles. The molecule has 162 valence electrons. The molecule has 1 saturated heterocycles. The Balaban J connectivity index is 1.05. The van der Waals surface area contributed by atoms with Gasteiger partial charge in [0.2, 0.25) is 0 Å². The number of aromatic nitrogens is 2. The van der Waals surface area contributed by atoms with E-state index in [0.29, 0.717) is 6.04 Å². The third kappa shape index (κ3) is 4.99. The van der Waals surface area contributed by atoms with Crippen molar-refractivity contribution in [1.29, 1.82) is 0 Å². The highest BCUT2D eigenvalue weighted by molar-refractivity contribution is 5.88. The number of piperazine rings is 1. The van der Waals surface area contributed by atoms with Gasteiger partial charge in [-0.2, -0.15) is 0 Å². The molecule has 5 rings (SSSR count). The minimum atomic E-state index is 0.531. The van der Waals surface area contributed by atoms with Crippen LogP contribution in [0.4, 0.5) is 11.5 Å². The van der Waals surface area contributed by atoms with Gasteiger partial charge in [-0.3, -0.25) is 4.90 Å². The highest BCUT2D eigenvalue weighted by Gasteiger charge is 2.23. The molecule has 1 aromatic heterocycles. The number of fused-ring (bicyclic) bond motifs is 1. The maximum absolute atomic E-state index is 4.51. The molecule has 0 spiro atoms. The van der Waals surface area contributed by atoms with Gasteiger partial charge in [0.1, 0.15) is 12.1 Å². The van der Waals surface area contributed by atoms with Crippen molar-refractivity contribution < 1.29 is 0 Å². The molecule has 1 saturated carbocycles. The molecule has 2 fully saturated rings. The standard InChI is InChI=1S/C26H33N5/c1-2-6-23(7-3-1)31-18-16-30(17-19-31)15-14-21-10-12-22(13-11-21)29-26-24-8-4-5-9-25(24)27-20-28-26/h1-9,20-22H,10-19H2,(H,27,28,29)/t21-,22+. The van der Waals surface area contributed by atoms with E-state index in [1.54, 1.807) is 6.33 Å². The first-order chi connectivity index (χ1) is 15.3. The molecule has 1 N–H and O–H groups in total. The maximum atomic E-state index is 4.51. The van der Waals surface area contributed by atoms with E-state index >= 15 is 0 Å². The molecule has 0 radical (unpaired) electrons. The van der Waals surface area contributed by atoms with Crippen LogP contribution in [0.3, 0.4) is 0 Å². The van der Waals surface area contributed by atoms with Crippen molar-refractivity contribution in [2.75, 3.05) is 42.9 Å². The lowest BCUT2D eigenvalue weighted by Crippen LogP contribution is -2.47. The minimum Gasteiger partial charge on any atom is -0.369 e. The second-order valence-electron chi connectivity index (χ2n) is 9.05. The van der Waals surface area contributed by atoms with Crippen LogP contribution in [0.25, 0.3) is 10.9 Å². The number of para-hydroxylation sites is 2. The zero-order valence-electron chi connectivity index (χ0n) is 18.3. The van der Waals surface area contributed by atoms with Gasteiger partial charge in [-0.15, -0.1) is 0 Å². The lowest BCUT2D eigenvalue weighted by Gasteiger charge is -2.37. The lowest BCUT2D eigenvalue weighted by atomic mass is 9.84. The maximum Gasteiger partial charge on any atom is 0.137 e. The fourth-order valence-electron chi connectivity index (χ4n) is 5.14. The Morgan fingerprint density at radius 3 is 2.35 bits per heavy atom. The SMILES string of the molecule is c1ccc(N2CCN(CC[C@H]3CC[C@@H](Nc4ncnc5ccccc45)CC3)CC2)cc1. The molecule has 31 heavy (non-hydrogen) atoms. The van der Waals surface area contributed by atoms with Crippen LogP contribution in [0, 0.1) is 5.92 Å². The monoisotopic (exact) mass is 415 g/mol. The van der Waals surface area contributed by atoms with Crippen LogP contribution in [0.5, 0.6) is 0 Å². The minimum absolute atomic E-state index is 0.531. The van der Waals surface area contributed by atoms with Crippen molar-refractivity contribution in [2.24, 2.45) is 5.92 Å². The largest absolute Gasteiger partial charge is 0.369 e. The molecule has 0 atom stereocenters. The normalized spacial score (nSPS) is 22.5. The zero-order chi connectivity index (χ0) is 20.9. The number of nitrogens with one attached hydrogen (secondary N) is 1. The molecule has 0 bridgehead atoms. The summed E-state index contributed by atoms with van der Waals surface area (Å²) in [5.41, 5.74) is 2.38. The molecule has 0 amide bonds. The average Bonchev–Trinajstić information content (AvgIpc) is 2.85. The van der Waals surface area contributed by atoms with Gasteiger partial charge in [0.15, 0.2) is 0 Å². The molecule has 2 aromatic carbocycles. The van der Waals surface area contributed by atoms with Gasteiger partial charge in [0, 0.05) is 43.3 Å². The van der Waals surface area contributed by atoms with Crippen LogP contribution in [0.1, 0.15) is 32.1 Å². The highest BCUT2D eigenvalue weighted by atomic mass is 15.3. The predicted molar refractivity (Wildman–Crippen MR) is 129 cm³/mol. The van der Waals surface area contributed by atoms with Crippen LogP contribution in [0.15, 0.2) is 60.9 Å². The van der Waals surface area contributed by atoms with Gasteiger partial charge < -0.3 is 10.2 Å². The van der Waals surface area contributed by atoms with E-state index in [1.165, 1.54) is 57.4 Å². The van der Waals surface area contributed by atoms with Crippen LogP contribution in [0.2, 0.25) is 0 Å². The van der Waals surface area contributed by atoms with Gasteiger partial charge >= 0.3 is 0 Å². The summed E-state index contributed by atoms with van der Waals surface area (Å²) < 4.78 is 0. The van der Waals surface area contributed by atoms with Crippen molar-refractivity contribution in [2.45, 2.75) is 38.1 Å². The predicted octanol–water partition coefficient (Wildman–Crippen LogP) is 4.81. The van der Waals surface area contributed by atoms with Crippen LogP contribution in [-0.4, -0.2) is 53.6 Å². The average molecular weight is 416 g/mol. The van der Waals surface area contributed by atoms with E-state index in [4.69, 9.17) is 0 Å². The Labute approximate surface area is 185 Å². The Hall–Kier alpha value is -2.66. The molecule has 5 nitrogen and oxygen atoms in total. The van der Waals surface area contributed by atoms with Crippen molar-refractivity contribution in [1.82, 2.24) is 14.9 Å². The van der Waals surface area contributed by atoms with Gasteiger partial charge in [0.05, 0.1) is 5.52 Å². The first-order valence-electron chi connectivity index (χ1n) is 11.8. The second-order valence-corrected chi connectivity index (χ2v) is 9.05. The van der Waals surface area contributed by atoms with Gasteiger partial charge in [-0.1, -0.05) is 30.3 Å². The fraction of sp³-hybridized carbons (Fsp3) is 0.462. The number of anilines is 2. The molecular formula is C26H33N5. The summed E-state index contributed by atoms with van der Waals surface area (Å²) in [6.45, 7) is 5.92. The Morgan fingerprint density at radius 2 is 1.55 bits per heavy atom. The fourth-order valence-corrected chi connectivity index (χ4v) is 5.14. The van der Waals surface area contributed by atoms with Crippen LogP contribution >= 0.6 is 0 Å². The molecule has 2 aliphatic rings. The van der Waals surface area contributed by atoms with Gasteiger partial charge in [-0.25, -0.2) is 9.97 Å². The summed E-state index contributed by atoms with van der Waals surface area (Å²) in [6, 6.07) is 19.6. The number of hydrogen-bond donors (Lipinski definition) is 1. The van der Waals surface area contributed by atoms with Crippen LogP contribution < -0.4 is 10.2 Å².